The summed E-state index contributed by atoms with van der Waals surface area (Å²) in [5.41, 5.74) is 1.40. The highest BCUT2D eigenvalue weighted by atomic mass is 16.5. The molecule has 0 heterocycles. The van der Waals surface area contributed by atoms with Gasteiger partial charge in [-0.1, -0.05) is 6.07 Å². The summed E-state index contributed by atoms with van der Waals surface area (Å²) in [6.07, 6.45) is -0.405. The second kappa shape index (κ2) is 9.32. The Hall–Kier alpha value is -1.61. The fraction of sp³-hybridized carbons (Fsp3) is 0.533. The lowest BCUT2D eigenvalue weighted by Gasteiger charge is -2.14. The van der Waals surface area contributed by atoms with Crippen LogP contribution in [0.15, 0.2) is 24.3 Å². The monoisotopic (exact) mass is 278 g/mol. The van der Waals surface area contributed by atoms with Crippen LogP contribution in [-0.2, 0) is 9.47 Å². The lowest BCUT2D eigenvalue weighted by atomic mass is 10.2. The first-order valence-electron chi connectivity index (χ1n) is 6.73. The zero-order valence-corrected chi connectivity index (χ0v) is 12.0. The van der Waals surface area contributed by atoms with E-state index in [0.717, 1.165) is 5.69 Å². The Balaban J connectivity index is 2.16. The normalized spacial score (nSPS) is 12.2. The number of hydrogen-bond acceptors (Lipinski definition) is 5. The lowest BCUT2D eigenvalue weighted by Crippen LogP contribution is -2.25. The Morgan fingerprint density at radius 3 is 2.85 bits per heavy atom. The van der Waals surface area contributed by atoms with Crippen LogP contribution in [0, 0.1) is 11.3 Å². The van der Waals surface area contributed by atoms with Crippen LogP contribution in [0.1, 0.15) is 19.4 Å². The number of ether oxygens (including phenoxy) is 2. The summed E-state index contributed by atoms with van der Waals surface area (Å²) in [6, 6.07) is 9.20. The maximum atomic E-state index is 9.75. The number of nitrogens with one attached hydrogen (secondary N) is 1. The number of hydrogen-bond donors (Lipinski definition) is 2. The van der Waals surface area contributed by atoms with Crippen molar-refractivity contribution in [2.45, 2.75) is 26.1 Å². The molecule has 1 rings (SSSR count). The predicted molar refractivity (Wildman–Crippen MR) is 77.6 cm³/mol. The third-order valence-corrected chi connectivity index (χ3v) is 2.52. The molecule has 1 aromatic rings. The van der Waals surface area contributed by atoms with Crippen LogP contribution in [0.5, 0.6) is 0 Å². The number of nitrogens with zero attached hydrogens (tertiary/aromatic N) is 1. The average Bonchev–Trinajstić information content (AvgIpc) is 2.44. The largest absolute Gasteiger partial charge is 0.389 e. The molecule has 5 heteroatoms. The first-order valence-corrected chi connectivity index (χ1v) is 6.73. The smallest absolute Gasteiger partial charge is 0.0992 e. The molecule has 0 radical (unpaired) electrons. The van der Waals surface area contributed by atoms with Gasteiger partial charge in [-0.25, -0.2) is 0 Å². The molecule has 0 aliphatic heterocycles. The van der Waals surface area contributed by atoms with Crippen LogP contribution in [0.25, 0.3) is 0 Å². The fourth-order valence-corrected chi connectivity index (χ4v) is 1.56. The zero-order chi connectivity index (χ0) is 14.8. The van der Waals surface area contributed by atoms with Crippen molar-refractivity contribution in [3.63, 3.8) is 0 Å². The minimum Gasteiger partial charge on any atom is -0.389 e. The van der Waals surface area contributed by atoms with Crippen molar-refractivity contribution in [3.05, 3.63) is 29.8 Å². The molecular weight excluding hydrogens is 256 g/mol. The summed E-state index contributed by atoms with van der Waals surface area (Å²) in [6.45, 7) is 5.57. The number of nitriles is 1. The molecule has 0 aliphatic carbocycles. The van der Waals surface area contributed by atoms with Gasteiger partial charge in [0.1, 0.15) is 0 Å². The van der Waals surface area contributed by atoms with Gasteiger partial charge in [0.05, 0.1) is 43.7 Å². The number of aliphatic hydroxyl groups is 1. The van der Waals surface area contributed by atoms with Gasteiger partial charge in [0.2, 0.25) is 0 Å². The Morgan fingerprint density at radius 1 is 1.35 bits per heavy atom. The van der Waals surface area contributed by atoms with Gasteiger partial charge in [0.15, 0.2) is 0 Å². The topological polar surface area (TPSA) is 74.5 Å². The fourth-order valence-electron chi connectivity index (χ4n) is 1.56. The van der Waals surface area contributed by atoms with E-state index in [1.807, 2.05) is 19.9 Å². The molecule has 0 spiro atoms. The molecule has 0 fully saturated rings. The quantitative estimate of drug-likeness (QED) is 0.673. The molecule has 0 saturated heterocycles. The van der Waals surface area contributed by atoms with E-state index < -0.39 is 6.10 Å². The molecule has 1 aromatic carbocycles. The Bertz CT molecular complexity index is 429. The summed E-state index contributed by atoms with van der Waals surface area (Å²) in [5, 5.41) is 21.6. The van der Waals surface area contributed by atoms with Crippen molar-refractivity contribution in [1.29, 1.82) is 5.26 Å². The second-order valence-electron chi connectivity index (χ2n) is 4.72. The van der Waals surface area contributed by atoms with Crippen molar-refractivity contribution < 1.29 is 14.6 Å². The standard InChI is InChI=1S/C15H22N2O3/c1-12(2)20-7-6-19-11-15(18)10-17-14-5-3-4-13(8-14)9-16/h3-5,8,12,15,17-18H,6-7,10-11H2,1-2H3. The molecule has 20 heavy (non-hydrogen) atoms. The van der Waals surface area contributed by atoms with Gasteiger partial charge < -0.3 is 19.9 Å². The summed E-state index contributed by atoms with van der Waals surface area (Å²) in [5.74, 6) is 0. The molecule has 0 saturated carbocycles. The summed E-state index contributed by atoms with van der Waals surface area (Å²) in [4.78, 5) is 0. The van der Waals surface area contributed by atoms with Crippen LogP contribution < -0.4 is 5.32 Å². The Labute approximate surface area is 120 Å². The molecule has 0 aliphatic rings. The first-order chi connectivity index (χ1) is 9.61. The van der Waals surface area contributed by atoms with Gasteiger partial charge in [0.25, 0.3) is 0 Å². The van der Waals surface area contributed by atoms with Crippen LogP contribution in [0.4, 0.5) is 5.69 Å². The van der Waals surface area contributed by atoms with E-state index in [1.54, 1.807) is 18.2 Å². The lowest BCUT2D eigenvalue weighted by molar-refractivity contribution is -0.00734. The second-order valence-corrected chi connectivity index (χ2v) is 4.72. The van der Waals surface area contributed by atoms with E-state index in [4.69, 9.17) is 14.7 Å². The number of rotatable bonds is 9. The molecule has 0 aromatic heterocycles. The van der Waals surface area contributed by atoms with Crippen molar-refractivity contribution >= 4 is 5.69 Å². The molecule has 110 valence electrons. The minimum absolute atomic E-state index is 0.192. The molecule has 1 atom stereocenters. The van der Waals surface area contributed by atoms with Gasteiger partial charge in [-0.05, 0) is 32.0 Å². The highest BCUT2D eigenvalue weighted by Gasteiger charge is 2.04. The molecule has 0 amide bonds. The number of benzene rings is 1. The maximum absolute atomic E-state index is 9.75. The molecule has 5 nitrogen and oxygen atoms in total. The Kier molecular flexibility index (Phi) is 7.66. The van der Waals surface area contributed by atoms with Gasteiger partial charge in [0, 0.05) is 12.2 Å². The molecule has 1 unspecified atom stereocenters. The van der Waals surface area contributed by atoms with Crippen LogP contribution in [0.3, 0.4) is 0 Å². The van der Waals surface area contributed by atoms with Gasteiger partial charge >= 0.3 is 0 Å². The maximum Gasteiger partial charge on any atom is 0.0992 e. The van der Waals surface area contributed by atoms with Crippen molar-refractivity contribution in [2.75, 3.05) is 31.7 Å². The summed E-state index contributed by atoms with van der Waals surface area (Å²) >= 11 is 0. The molecule has 2 N–H and O–H groups in total. The van der Waals surface area contributed by atoms with Crippen molar-refractivity contribution in [1.82, 2.24) is 0 Å². The van der Waals surface area contributed by atoms with Crippen LogP contribution >= 0.6 is 0 Å². The van der Waals surface area contributed by atoms with Gasteiger partial charge in [-0.3, -0.25) is 0 Å². The van der Waals surface area contributed by atoms with E-state index >= 15 is 0 Å². The highest BCUT2D eigenvalue weighted by molar-refractivity contribution is 5.49. The SMILES string of the molecule is CC(C)OCCOCC(O)CNc1cccc(C#N)c1. The van der Waals surface area contributed by atoms with Crippen LogP contribution in [-0.4, -0.2) is 43.7 Å². The minimum atomic E-state index is -0.597. The van der Waals surface area contributed by atoms with E-state index in [2.05, 4.69) is 11.4 Å². The highest BCUT2D eigenvalue weighted by Crippen LogP contribution is 2.09. The summed E-state index contributed by atoms with van der Waals surface area (Å²) in [7, 11) is 0. The van der Waals surface area contributed by atoms with E-state index in [-0.39, 0.29) is 12.7 Å². The molecule has 0 bridgehead atoms. The summed E-state index contributed by atoms with van der Waals surface area (Å²) < 4.78 is 10.6. The third-order valence-electron chi connectivity index (χ3n) is 2.52. The van der Waals surface area contributed by atoms with E-state index in [1.165, 1.54) is 0 Å². The van der Waals surface area contributed by atoms with E-state index in [9.17, 15) is 5.11 Å². The number of anilines is 1. The zero-order valence-electron chi connectivity index (χ0n) is 12.0. The van der Waals surface area contributed by atoms with E-state index in [0.29, 0.717) is 25.3 Å². The Morgan fingerprint density at radius 2 is 2.15 bits per heavy atom. The molecular formula is C15H22N2O3. The first kappa shape index (κ1) is 16.4. The third kappa shape index (κ3) is 7.10. The number of aliphatic hydroxyl groups excluding tert-OH is 1. The van der Waals surface area contributed by atoms with Crippen LogP contribution in [0.2, 0.25) is 0 Å². The average molecular weight is 278 g/mol. The van der Waals surface area contributed by atoms with Crippen molar-refractivity contribution in [3.8, 4) is 6.07 Å². The van der Waals surface area contributed by atoms with Gasteiger partial charge in [-0.2, -0.15) is 5.26 Å². The van der Waals surface area contributed by atoms with Gasteiger partial charge in [-0.15, -0.1) is 0 Å². The predicted octanol–water partition coefficient (Wildman–Crippen LogP) is 1.77. The van der Waals surface area contributed by atoms with Crippen molar-refractivity contribution in [2.24, 2.45) is 0 Å².